The summed E-state index contributed by atoms with van der Waals surface area (Å²) in [7, 11) is 0. The van der Waals surface area contributed by atoms with Crippen LogP contribution in [0, 0.1) is 0 Å². The molecule has 0 radical (unpaired) electrons. The standard InChI is InChI=1S/C11H13N5O2/c12-8-6-9(11(17)18)10(14-7-8)13-3-5-16-4-1-2-15-16/h1-2,4,6-7H,3,5,12H2,(H,13,14)(H,17,18). The van der Waals surface area contributed by atoms with E-state index >= 15 is 0 Å². The number of rotatable bonds is 5. The number of nitrogens with two attached hydrogens (primary N) is 1. The minimum Gasteiger partial charge on any atom is -0.478 e. The Kier molecular flexibility index (Phi) is 3.42. The number of carboxylic acids is 1. The van der Waals surface area contributed by atoms with E-state index in [4.69, 9.17) is 10.8 Å². The minimum absolute atomic E-state index is 0.0652. The van der Waals surface area contributed by atoms with Gasteiger partial charge in [-0.15, -0.1) is 0 Å². The molecular formula is C11H13N5O2. The maximum atomic E-state index is 11.0. The highest BCUT2D eigenvalue weighted by molar-refractivity contribution is 5.94. The molecular weight excluding hydrogens is 234 g/mol. The van der Waals surface area contributed by atoms with Crippen LogP contribution in [0.25, 0.3) is 0 Å². The summed E-state index contributed by atoms with van der Waals surface area (Å²) in [5.74, 6) is -0.750. The van der Waals surface area contributed by atoms with Crippen molar-refractivity contribution in [3.63, 3.8) is 0 Å². The zero-order valence-corrected chi connectivity index (χ0v) is 9.58. The molecule has 0 aromatic carbocycles. The molecule has 2 aromatic heterocycles. The molecule has 0 unspecified atom stereocenters. The van der Waals surface area contributed by atoms with Crippen molar-refractivity contribution in [3.05, 3.63) is 36.3 Å². The van der Waals surface area contributed by atoms with E-state index in [0.717, 1.165) is 0 Å². The second kappa shape index (κ2) is 5.17. The molecule has 4 N–H and O–H groups in total. The Bertz CT molecular complexity index is 538. The van der Waals surface area contributed by atoms with E-state index in [9.17, 15) is 4.79 Å². The molecule has 0 aliphatic heterocycles. The van der Waals surface area contributed by atoms with Crippen LogP contribution >= 0.6 is 0 Å². The Balaban J connectivity index is 2.02. The number of hydrogen-bond donors (Lipinski definition) is 3. The highest BCUT2D eigenvalue weighted by Gasteiger charge is 2.11. The average Bonchev–Trinajstić information content (AvgIpc) is 2.84. The van der Waals surface area contributed by atoms with Crippen LogP contribution in [-0.4, -0.2) is 32.4 Å². The Morgan fingerprint density at radius 1 is 1.56 bits per heavy atom. The molecule has 18 heavy (non-hydrogen) atoms. The van der Waals surface area contributed by atoms with E-state index in [1.807, 2.05) is 12.3 Å². The van der Waals surface area contributed by atoms with Crippen LogP contribution < -0.4 is 11.1 Å². The fourth-order valence-electron chi connectivity index (χ4n) is 1.51. The number of nitrogens with zero attached hydrogens (tertiary/aromatic N) is 3. The van der Waals surface area contributed by atoms with Gasteiger partial charge in [0.1, 0.15) is 11.4 Å². The predicted octanol–water partition coefficient (Wildman–Crippen LogP) is 0.671. The summed E-state index contributed by atoms with van der Waals surface area (Å²) in [6, 6.07) is 3.20. The summed E-state index contributed by atoms with van der Waals surface area (Å²) in [5, 5.41) is 16.0. The lowest BCUT2D eigenvalue weighted by Gasteiger charge is -2.09. The fraction of sp³-hybridized carbons (Fsp3) is 0.182. The predicted molar refractivity (Wildman–Crippen MR) is 66.3 cm³/mol. The average molecular weight is 247 g/mol. The van der Waals surface area contributed by atoms with Crippen LogP contribution in [0.4, 0.5) is 11.5 Å². The summed E-state index contributed by atoms with van der Waals surface area (Å²) in [4.78, 5) is 15.0. The quantitative estimate of drug-likeness (QED) is 0.717. The van der Waals surface area contributed by atoms with Gasteiger partial charge in [0.05, 0.1) is 18.4 Å². The number of nitrogens with one attached hydrogen (secondary N) is 1. The van der Waals surface area contributed by atoms with Crippen molar-refractivity contribution in [2.45, 2.75) is 6.54 Å². The van der Waals surface area contributed by atoms with E-state index in [1.165, 1.54) is 12.3 Å². The molecule has 7 nitrogen and oxygen atoms in total. The highest BCUT2D eigenvalue weighted by Crippen LogP contribution is 2.15. The molecule has 2 aromatic rings. The summed E-state index contributed by atoms with van der Waals surface area (Å²) >= 11 is 0. The van der Waals surface area contributed by atoms with Crippen molar-refractivity contribution < 1.29 is 9.90 Å². The lowest BCUT2D eigenvalue weighted by Crippen LogP contribution is -2.14. The summed E-state index contributed by atoms with van der Waals surface area (Å²) < 4.78 is 1.74. The fourth-order valence-corrected chi connectivity index (χ4v) is 1.51. The van der Waals surface area contributed by atoms with Crippen molar-refractivity contribution in [1.29, 1.82) is 0 Å². The first-order chi connectivity index (χ1) is 8.66. The number of carboxylic acid groups (broad SMARTS) is 1. The van der Waals surface area contributed by atoms with Gasteiger partial charge >= 0.3 is 5.97 Å². The third-order valence-electron chi connectivity index (χ3n) is 2.33. The van der Waals surface area contributed by atoms with Crippen molar-refractivity contribution in [1.82, 2.24) is 14.8 Å². The Morgan fingerprint density at radius 3 is 3.06 bits per heavy atom. The number of carbonyl (C=O) groups is 1. The Hall–Kier alpha value is -2.57. The lowest BCUT2D eigenvalue weighted by molar-refractivity contribution is 0.0697. The van der Waals surface area contributed by atoms with E-state index in [2.05, 4.69) is 15.4 Å². The third-order valence-corrected chi connectivity index (χ3v) is 2.33. The SMILES string of the molecule is Nc1cnc(NCCn2cccn2)c(C(=O)O)c1. The first-order valence-corrected chi connectivity index (χ1v) is 5.37. The van der Waals surface area contributed by atoms with Crippen molar-refractivity contribution >= 4 is 17.5 Å². The van der Waals surface area contributed by atoms with Crippen LogP contribution in [0.5, 0.6) is 0 Å². The molecule has 2 heterocycles. The molecule has 0 atom stereocenters. The second-order valence-corrected chi connectivity index (χ2v) is 3.67. The molecule has 2 rings (SSSR count). The molecule has 0 bridgehead atoms. The van der Waals surface area contributed by atoms with E-state index in [1.54, 1.807) is 10.9 Å². The van der Waals surface area contributed by atoms with Gasteiger partial charge < -0.3 is 16.2 Å². The van der Waals surface area contributed by atoms with E-state index in [-0.39, 0.29) is 5.56 Å². The number of aromatic nitrogens is 3. The summed E-state index contributed by atoms with van der Waals surface area (Å²) in [6.45, 7) is 1.15. The number of aromatic carboxylic acids is 1. The maximum Gasteiger partial charge on any atom is 0.339 e. The van der Waals surface area contributed by atoms with Gasteiger partial charge in [-0.3, -0.25) is 4.68 Å². The Labute approximate surface area is 103 Å². The van der Waals surface area contributed by atoms with E-state index in [0.29, 0.717) is 24.6 Å². The first-order valence-electron chi connectivity index (χ1n) is 5.37. The number of hydrogen-bond acceptors (Lipinski definition) is 5. The van der Waals surface area contributed by atoms with Gasteiger partial charge in [0.15, 0.2) is 0 Å². The Morgan fingerprint density at radius 2 is 2.39 bits per heavy atom. The van der Waals surface area contributed by atoms with Crippen molar-refractivity contribution in [3.8, 4) is 0 Å². The smallest absolute Gasteiger partial charge is 0.339 e. The molecule has 0 aliphatic carbocycles. The van der Waals surface area contributed by atoms with Crippen molar-refractivity contribution in [2.24, 2.45) is 0 Å². The van der Waals surface area contributed by atoms with Gasteiger partial charge in [-0.1, -0.05) is 0 Å². The van der Waals surface area contributed by atoms with Gasteiger partial charge in [0.25, 0.3) is 0 Å². The molecule has 0 saturated heterocycles. The lowest BCUT2D eigenvalue weighted by atomic mass is 10.2. The van der Waals surface area contributed by atoms with Crippen molar-refractivity contribution in [2.75, 3.05) is 17.6 Å². The topological polar surface area (TPSA) is 106 Å². The highest BCUT2D eigenvalue weighted by atomic mass is 16.4. The largest absolute Gasteiger partial charge is 0.478 e. The zero-order valence-electron chi connectivity index (χ0n) is 9.58. The second-order valence-electron chi connectivity index (χ2n) is 3.67. The zero-order chi connectivity index (χ0) is 13.0. The van der Waals surface area contributed by atoms with Gasteiger partial charge in [0.2, 0.25) is 0 Å². The molecule has 0 spiro atoms. The molecule has 7 heteroatoms. The van der Waals surface area contributed by atoms with Crippen LogP contribution in [0.2, 0.25) is 0 Å². The third kappa shape index (κ3) is 2.76. The molecule has 0 amide bonds. The van der Waals surface area contributed by atoms with Gasteiger partial charge in [0, 0.05) is 18.9 Å². The van der Waals surface area contributed by atoms with Crippen LogP contribution in [0.15, 0.2) is 30.7 Å². The monoisotopic (exact) mass is 247 g/mol. The van der Waals surface area contributed by atoms with Gasteiger partial charge in [-0.25, -0.2) is 9.78 Å². The molecule has 94 valence electrons. The van der Waals surface area contributed by atoms with Crippen LogP contribution in [0.3, 0.4) is 0 Å². The molecule has 0 saturated carbocycles. The summed E-state index contributed by atoms with van der Waals surface area (Å²) in [5.41, 5.74) is 5.89. The maximum absolute atomic E-state index is 11.0. The van der Waals surface area contributed by atoms with Crippen LogP contribution in [0.1, 0.15) is 10.4 Å². The molecule has 0 aliphatic rings. The van der Waals surface area contributed by atoms with Crippen LogP contribution in [-0.2, 0) is 6.54 Å². The van der Waals surface area contributed by atoms with Gasteiger partial charge in [-0.2, -0.15) is 5.10 Å². The number of anilines is 2. The summed E-state index contributed by atoms with van der Waals surface area (Å²) in [6.07, 6.45) is 4.93. The normalized spacial score (nSPS) is 10.2. The number of nitrogen functional groups attached to an aromatic ring is 1. The number of pyridine rings is 1. The van der Waals surface area contributed by atoms with E-state index < -0.39 is 5.97 Å². The minimum atomic E-state index is -1.06. The van der Waals surface area contributed by atoms with Gasteiger partial charge in [-0.05, 0) is 12.1 Å². The first kappa shape index (κ1) is 11.9. The molecule has 0 fully saturated rings.